The molecular weight excluding hydrogens is 552 g/mol. The fourth-order valence-corrected chi connectivity index (χ4v) is 7.10. The zero-order chi connectivity index (χ0) is 25.7. The molecule has 8 heteroatoms. The smallest absolute Gasteiger partial charge is 0.339 e. The maximum Gasteiger partial charge on any atom is 0.339 e. The van der Waals surface area contributed by atoms with Crippen LogP contribution in [0, 0.1) is 0 Å². The Morgan fingerprint density at radius 1 is 1.03 bits per heavy atom. The molecule has 0 amide bonds. The average molecular weight is 575 g/mol. The summed E-state index contributed by atoms with van der Waals surface area (Å²) in [7, 11) is 1.32. The minimum Gasteiger partial charge on any atom is -0.510 e. The Bertz CT molecular complexity index is 1470. The molecule has 2 N–H and O–H groups in total. The predicted octanol–water partition coefficient (Wildman–Crippen LogP) is 6.00. The highest BCUT2D eigenvalue weighted by atomic mass is 79.9. The summed E-state index contributed by atoms with van der Waals surface area (Å²) < 4.78 is 5.98. The van der Waals surface area contributed by atoms with Crippen molar-refractivity contribution in [1.82, 2.24) is 4.90 Å². The Labute approximate surface area is 227 Å². The number of esters is 1. The number of thioether (sulfide) groups is 1. The highest BCUT2D eigenvalue weighted by molar-refractivity contribution is 9.10. The normalized spacial score (nSPS) is 21.9. The lowest BCUT2D eigenvalue weighted by molar-refractivity contribution is -0.137. The molecule has 0 spiro atoms. The van der Waals surface area contributed by atoms with Crippen molar-refractivity contribution in [2.75, 3.05) is 12.4 Å². The van der Waals surface area contributed by atoms with Crippen molar-refractivity contribution >= 4 is 45.1 Å². The Kier molecular flexibility index (Phi) is 6.09. The number of carbonyl (C=O) groups is 2. The number of anilines is 1. The van der Waals surface area contributed by atoms with Crippen LogP contribution < -0.4 is 5.32 Å². The molecule has 3 atom stereocenters. The van der Waals surface area contributed by atoms with E-state index in [0.717, 1.165) is 21.3 Å². The Balaban J connectivity index is 1.57. The van der Waals surface area contributed by atoms with Crippen LogP contribution in [0.3, 0.4) is 0 Å². The summed E-state index contributed by atoms with van der Waals surface area (Å²) in [5.74, 6) is -0.720. The van der Waals surface area contributed by atoms with Gasteiger partial charge in [0.1, 0.15) is 16.5 Å². The van der Waals surface area contributed by atoms with Gasteiger partial charge in [-0.1, -0.05) is 70.2 Å². The van der Waals surface area contributed by atoms with Crippen molar-refractivity contribution in [2.24, 2.45) is 0 Å². The third kappa shape index (κ3) is 3.95. The Hall–Kier alpha value is -3.49. The van der Waals surface area contributed by atoms with Crippen molar-refractivity contribution < 1.29 is 19.4 Å². The van der Waals surface area contributed by atoms with E-state index in [9.17, 15) is 14.7 Å². The summed E-state index contributed by atoms with van der Waals surface area (Å²) >= 11 is 4.82. The van der Waals surface area contributed by atoms with Crippen molar-refractivity contribution in [3.63, 3.8) is 0 Å². The first-order valence-electron chi connectivity index (χ1n) is 11.9. The number of fused-ring (bicyclic) bond motifs is 1. The Morgan fingerprint density at radius 3 is 2.46 bits per heavy atom. The van der Waals surface area contributed by atoms with Crippen LogP contribution in [-0.2, 0) is 16.0 Å². The summed E-state index contributed by atoms with van der Waals surface area (Å²) in [6.07, 6.45) is 0.467. The number of ketones is 1. The number of hydrogen-bond donors (Lipinski definition) is 2. The summed E-state index contributed by atoms with van der Waals surface area (Å²) in [6.45, 7) is 0. The van der Waals surface area contributed by atoms with Gasteiger partial charge in [-0.25, -0.2) is 4.79 Å². The molecule has 3 aromatic rings. The highest BCUT2D eigenvalue weighted by Gasteiger charge is 2.54. The Morgan fingerprint density at radius 2 is 1.73 bits per heavy atom. The van der Waals surface area contributed by atoms with Gasteiger partial charge < -0.3 is 20.1 Å². The molecule has 0 saturated carbocycles. The number of rotatable bonds is 5. The van der Waals surface area contributed by atoms with Crippen molar-refractivity contribution in [2.45, 2.75) is 23.8 Å². The summed E-state index contributed by atoms with van der Waals surface area (Å²) in [6, 6.07) is 24.1. The van der Waals surface area contributed by atoms with E-state index >= 15 is 0 Å². The molecular formula is C29H23BrN2O4S. The van der Waals surface area contributed by atoms with E-state index < -0.39 is 17.3 Å². The first-order valence-corrected chi connectivity index (χ1v) is 13.6. The van der Waals surface area contributed by atoms with Crippen LogP contribution in [0.15, 0.2) is 105 Å². The molecule has 0 saturated heterocycles. The number of aliphatic hydroxyl groups is 1. The van der Waals surface area contributed by atoms with E-state index in [1.807, 2.05) is 65.6 Å². The van der Waals surface area contributed by atoms with E-state index in [2.05, 4.69) is 27.3 Å². The van der Waals surface area contributed by atoms with E-state index in [-0.39, 0.29) is 23.2 Å². The van der Waals surface area contributed by atoms with Gasteiger partial charge >= 0.3 is 5.97 Å². The number of ether oxygens (including phenoxy) is 1. The molecule has 0 aliphatic carbocycles. The molecule has 6 rings (SSSR count). The van der Waals surface area contributed by atoms with E-state index in [1.165, 1.54) is 18.9 Å². The quantitative estimate of drug-likeness (QED) is 0.286. The van der Waals surface area contributed by atoms with E-state index in [0.29, 0.717) is 22.7 Å². The third-order valence-electron chi connectivity index (χ3n) is 7.06. The van der Waals surface area contributed by atoms with Crippen LogP contribution in [0.4, 0.5) is 5.69 Å². The molecule has 4 bridgehead atoms. The summed E-state index contributed by atoms with van der Waals surface area (Å²) in [5.41, 5.74) is 4.20. The number of para-hydroxylation sites is 1. The number of allylic oxidation sites excluding steroid dienone is 1. The highest BCUT2D eigenvalue weighted by Crippen LogP contribution is 2.56. The fourth-order valence-electron chi connectivity index (χ4n) is 5.45. The first-order chi connectivity index (χ1) is 18.0. The van der Waals surface area contributed by atoms with Gasteiger partial charge in [0, 0.05) is 15.7 Å². The number of Topliss-reactive ketones (excluding diaryl/α,β-unsaturated/α-hetero) is 1. The predicted molar refractivity (Wildman–Crippen MR) is 147 cm³/mol. The van der Waals surface area contributed by atoms with Gasteiger partial charge in [0.25, 0.3) is 0 Å². The molecule has 6 nitrogen and oxygen atoms in total. The standard InChI is InChI=1S/C29H23BrN2O4S/c1-36-29(35)22-21-15-17-7-5-6-10-20(17)23-27(26(22)34)37-28(31-19-8-3-2-4-9-19)24(32(21)23)25(33)16-11-13-18(30)14-12-16/h2-14,21,23,27,31,34H,15H2,1H3. The number of halogens is 1. The number of benzene rings is 3. The van der Waals surface area contributed by atoms with Crippen LogP contribution in [0.1, 0.15) is 27.5 Å². The topological polar surface area (TPSA) is 78.9 Å². The SMILES string of the molecule is COC(=O)C1=C(O)C2SC(Nc3ccccc3)=C(C(=O)c3ccc(Br)cc3)N3C1Cc1ccccc1C23. The van der Waals surface area contributed by atoms with Crippen molar-refractivity contribution in [3.8, 4) is 0 Å². The second kappa shape index (κ2) is 9.43. The molecule has 0 aromatic heterocycles. The molecule has 3 aromatic carbocycles. The first kappa shape index (κ1) is 23.9. The molecule has 3 unspecified atom stereocenters. The number of nitrogens with one attached hydrogen (secondary N) is 1. The molecule has 3 aliphatic heterocycles. The maximum atomic E-state index is 14.2. The molecule has 3 heterocycles. The zero-order valence-corrected chi connectivity index (χ0v) is 22.3. The van der Waals surface area contributed by atoms with Gasteiger partial charge in [-0.05, 0) is 53.9 Å². The summed E-state index contributed by atoms with van der Waals surface area (Å²) in [4.78, 5) is 29.2. The number of methoxy groups -OCH3 is 1. The van der Waals surface area contributed by atoms with Crippen LogP contribution in [0.2, 0.25) is 0 Å². The van der Waals surface area contributed by atoms with Gasteiger partial charge in [-0.15, -0.1) is 0 Å². The van der Waals surface area contributed by atoms with Crippen molar-refractivity contribution in [1.29, 1.82) is 0 Å². The summed E-state index contributed by atoms with van der Waals surface area (Å²) in [5, 5.41) is 15.0. The fraction of sp³-hybridized carbons (Fsp3) is 0.172. The van der Waals surface area contributed by atoms with Gasteiger partial charge in [0.15, 0.2) is 0 Å². The minimum absolute atomic E-state index is 0.0140. The molecule has 186 valence electrons. The second-order valence-corrected chi connectivity index (χ2v) is 11.2. The van der Waals surface area contributed by atoms with Crippen molar-refractivity contribution in [3.05, 3.63) is 122 Å². The largest absolute Gasteiger partial charge is 0.510 e. The van der Waals surface area contributed by atoms with Crippen LogP contribution in [-0.4, -0.2) is 40.2 Å². The van der Waals surface area contributed by atoms with E-state index in [1.54, 1.807) is 12.1 Å². The van der Waals surface area contributed by atoms with Gasteiger partial charge in [-0.2, -0.15) is 0 Å². The molecule has 37 heavy (non-hydrogen) atoms. The van der Waals surface area contributed by atoms with Crippen LogP contribution in [0.5, 0.6) is 0 Å². The van der Waals surface area contributed by atoms with Gasteiger partial charge in [-0.3, -0.25) is 4.79 Å². The number of carbonyl (C=O) groups excluding carboxylic acids is 2. The lowest BCUT2D eigenvalue weighted by atomic mass is 9.77. The molecule has 0 radical (unpaired) electrons. The third-order valence-corrected chi connectivity index (χ3v) is 8.86. The zero-order valence-electron chi connectivity index (χ0n) is 19.9. The molecule has 0 fully saturated rings. The average Bonchev–Trinajstić information content (AvgIpc) is 2.92. The van der Waals surface area contributed by atoms with Gasteiger partial charge in [0.05, 0.1) is 30.0 Å². The number of aliphatic hydroxyl groups excluding tert-OH is 1. The lowest BCUT2D eigenvalue weighted by Crippen LogP contribution is -2.56. The monoisotopic (exact) mass is 574 g/mol. The minimum atomic E-state index is -0.578. The van der Waals surface area contributed by atoms with E-state index in [4.69, 9.17) is 4.74 Å². The number of nitrogens with zero attached hydrogens (tertiary/aromatic N) is 1. The van der Waals surface area contributed by atoms with Gasteiger partial charge in [0.2, 0.25) is 5.78 Å². The molecule has 3 aliphatic rings. The number of hydrogen-bond acceptors (Lipinski definition) is 7. The maximum absolute atomic E-state index is 14.2. The lowest BCUT2D eigenvalue weighted by Gasteiger charge is -2.54. The van der Waals surface area contributed by atoms with Crippen LogP contribution >= 0.6 is 27.7 Å². The second-order valence-electron chi connectivity index (χ2n) is 9.10. The van der Waals surface area contributed by atoms with Crippen LogP contribution in [0.25, 0.3) is 0 Å².